The number of nitriles is 1. The normalized spacial score (nSPS) is 22.6. The molecule has 1 aliphatic rings. The van der Waals surface area contributed by atoms with Gasteiger partial charge < -0.3 is 4.74 Å². The molecular weight excluding hydrogens is 166 g/mol. The zero-order valence-corrected chi connectivity index (χ0v) is 8.39. The largest absolute Gasteiger partial charge is 0.465 e. The van der Waals surface area contributed by atoms with E-state index >= 15 is 0 Å². The lowest BCUT2D eigenvalue weighted by molar-refractivity contribution is -0.162. The lowest BCUT2D eigenvalue weighted by Gasteiger charge is -2.46. The second kappa shape index (κ2) is 3.02. The minimum absolute atomic E-state index is 0.114. The van der Waals surface area contributed by atoms with E-state index in [2.05, 4.69) is 19.9 Å². The number of nitrogens with zero attached hydrogens (tertiary/aromatic N) is 1. The molecule has 3 nitrogen and oxygen atoms in total. The maximum absolute atomic E-state index is 11.4. The molecule has 0 aliphatic heterocycles. The summed E-state index contributed by atoms with van der Waals surface area (Å²) in [5.41, 5.74) is -0.734. The number of carbonyl (C=O) groups is 1. The van der Waals surface area contributed by atoms with Crippen molar-refractivity contribution in [3.8, 4) is 6.07 Å². The molecule has 1 aliphatic carbocycles. The molecule has 3 heteroatoms. The van der Waals surface area contributed by atoms with Gasteiger partial charge in [-0.2, -0.15) is 5.26 Å². The van der Waals surface area contributed by atoms with Gasteiger partial charge >= 0.3 is 5.97 Å². The third-order valence-corrected chi connectivity index (χ3v) is 2.44. The SMILES string of the molecule is CCOC(=O)C1(C#N)CC(C)(C)C1. The fourth-order valence-corrected chi connectivity index (χ4v) is 2.12. The molecular formula is C10H15NO2. The fourth-order valence-electron chi connectivity index (χ4n) is 2.12. The lowest BCUT2D eigenvalue weighted by Crippen LogP contribution is -2.48. The van der Waals surface area contributed by atoms with Gasteiger partial charge in [0.25, 0.3) is 0 Å². The maximum atomic E-state index is 11.4. The van der Waals surface area contributed by atoms with Crippen LogP contribution in [0.15, 0.2) is 0 Å². The van der Waals surface area contributed by atoms with Gasteiger partial charge in [-0.3, -0.25) is 4.79 Å². The van der Waals surface area contributed by atoms with E-state index in [1.807, 2.05) is 0 Å². The second-order valence-corrected chi connectivity index (χ2v) is 4.43. The fraction of sp³-hybridized carbons (Fsp3) is 0.800. The van der Waals surface area contributed by atoms with Gasteiger partial charge in [0.1, 0.15) is 0 Å². The van der Waals surface area contributed by atoms with Gasteiger partial charge in [0.2, 0.25) is 0 Å². The molecule has 0 aromatic carbocycles. The first-order chi connectivity index (χ1) is 5.96. The Hall–Kier alpha value is -1.04. The van der Waals surface area contributed by atoms with E-state index < -0.39 is 5.41 Å². The van der Waals surface area contributed by atoms with Crippen LogP contribution in [0.2, 0.25) is 0 Å². The monoisotopic (exact) mass is 181 g/mol. The third-order valence-electron chi connectivity index (χ3n) is 2.44. The number of rotatable bonds is 2. The minimum Gasteiger partial charge on any atom is -0.465 e. The van der Waals surface area contributed by atoms with Crippen molar-refractivity contribution in [3.63, 3.8) is 0 Å². The highest BCUT2D eigenvalue weighted by Crippen LogP contribution is 2.54. The summed E-state index contributed by atoms with van der Waals surface area (Å²) in [5.74, 6) is -0.350. The molecule has 72 valence electrons. The van der Waals surface area contributed by atoms with Crippen LogP contribution >= 0.6 is 0 Å². The van der Waals surface area contributed by atoms with Crippen molar-refractivity contribution in [2.24, 2.45) is 10.8 Å². The lowest BCUT2D eigenvalue weighted by atomic mass is 9.55. The average molecular weight is 181 g/mol. The van der Waals surface area contributed by atoms with E-state index in [1.54, 1.807) is 6.92 Å². The van der Waals surface area contributed by atoms with Crippen LogP contribution in [-0.2, 0) is 9.53 Å². The molecule has 0 radical (unpaired) electrons. The van der Waals surface area contributed by atoms with E-state index in [9.17, 15) is 4.79 Å². The van der Waals surface area contributed by atoms with Crippen molar-refractivity contribution < 1.29 is 9.53 Å². The van der Waals surface area contributed by atoms with Gasteiger partial charge in [0.05, 0.1) is 12.7 Å². The Labute approximate surface area is 78.7 Å². The standard InChI is InChI=1S/C10H15NO2/c1-4-13-8(12)10(7-11)5-9(2,3)6-10/h4-6H2,1-3H3. The maximum Gasteiger partial charge on any atom is 0.326 e. The zero-order valence-electron chi connectivity index (χ0n) is 8.39. The Bertz CT molecular complexity index is 255. The van der Waals surface area contributed by atoms with Gasteiger partial charge in [-0.15, -0.1) is 0 Å². The van der Waals surface area contributed by atoms with Crippen LogP contribution in [0.4, 0.5) is 0 Å². The highest BCUT2D eigenvalue weighted by Gasteiger charge is 2.56. The third kappa shape index (κ3) is 1.67. The Morgan fingerprint density at radius 3 is 2.38 bits per heavy atom. The van der Waals surface area contributed by atoms with E-state index in [0.29, 0.717) is 19.4 Å². The summed E-state index contributed by atoms with van der Waals surface area (Å²) < 4.78 is 4.87. The van der Waals surface area contributed by atoms with Crippen molar-refractivity contribution in [2.45, 2.75) is 33.6 Å². The highest BCUT2D eigenvalue weighted by atomic mass is 16.5. The molecule has 1 saturated carbocycles. The van der Waals surface area contributed by atoms with Crippen LogP contribution in [0.25, 0.3) is 0 Å². The van der Waals surface area contributed by atoms with E-state index in [1.165, 1.54) is 0 Å². The van der Waals surface area contributed by atoms with Crippen molar-refractivity contribution >= 4 is 5.97 Å². The number of hydrogen-bond acceptors (Lipinski definition) is 3. The Balaban J connectivity index is 2.67. The predicted molar refractivity (Wildman–Crippen MR) is 47.7 cm³/mol. The molecule has 0 N–H and O–H groups in total. The molecule has 0 heterocycles. The van der Waals surface area contributed by atoms with Crippen LogP contribution in [0.5, 0.6) is 0 Å². The van der Waals surface area contributed by atoms with Gasteiger partial charge in [-0.05, 0) is 25.2 Å². The van der Waals surface area contributed by atoms with Gasteiger partial charge in [-0.25, -0.2) is 0 Å². The van der Waals surface area contributed by atoms with Crippen molar-refractivity contribution in [1.29, 1.82) is 5.26 Å². The predicted octanol–water partition coefficient (Wildman–Crippen LogP) is 1.88. The molecule has 0 spiro atoms. The molecule has 0 bridgehead atoms. The molecule has 0 aromatic heterocycles. The second-order valence-electron chi connectivity index (χ2n) is 4.43. The summed E-state index contributed by atoms with van der Waals surface area (Å²) in [7, 11) is 0. The molecule has 1 rings (SSSR count). The van der Waals surface area contributed by atoms with Crippen LogP contribution in [0.3, 0.4) is 0 Å². The molecule has 0 aromatic rings. The smallest absolute Gasteiger partial charge is 0.326 e. The van der Waals surface area contributed by atoms with Crippen molar-refractivity contribution in [3.05, 3.63) is 0 Å². The summed E-state index contributed by atoms with van der Waals surface area (Å²) >= 11 is 0. The Kier molecular flexibility index (Phi) is 2.34. The van der Waals surface area contributed by atoms with Crippen LogP contribution in [-0.4, -0.2) is 12.6 Å². The first-order valence-corrected chi connectivity index (χ1v) is 4.54. The van der Waals surface area contributed by atoms with E-state index in [0.717, 1.165) is 0 Å². The zero-order chi connectivity index (χ0) is 10.1. The van der Waals surface area contributed by atoms with Crippen molar-refractivity contribution in [1.82, 2.24) is 0 Å². The van der Waals surface area contributed by atoms with Gasteiger partial charge in [-0.1, -0.05) is 13.8 Å². The highest BCUT2D eigenvalue weighted by molar-refractivity contribution is 5.81. The topological polar surface area (TPSA) is 50.1 Å². The summed E-state index contributed by atoms with van der Waals surface area (Å²) in [6, 6.07) is 2.08. The summed E-state index contributed by atoms with van der Waals surface area (Å²) in [5, 5.41) is 8.91. The molecule has 13 heavy (non-hydrogen) atoms. The van der Waals surface area contributed by atoms with Crippen LogP contribution < -0.4 is 0 Å². The van der Waals surface area contributed by atoms with Crippen LogP contribution in [0, 0.1) is 22.2 Å². The number of esters is 1. The Morgan fingerprint density at radius 1 is 1.54 bits per heavy atom. The van der Waals surface area contributed by atoms with Crippen molar-refractivity contribution in [2.75, 3.05) is 6.61 Å². The van der Waals surface area contributed by atoms with E-state index in [4.69, 9.17) is 10.00 Å². The van der Waals surface area contributed by atoms with E-state index in [-0.39, 0.29) is 11.4 Å². The number of hydrogen-bond donors (Lipinski definition) is 0. The van der Waals surface area contributed by atoms with Crippen LogP contribution in [0.1, 0.15) is 33.6 Å². The first-order valence-electron chi connectivity index (χ1n) is 4.54. The van der Waals surface area contributed by atoms with Gasteiger partial charge in [0.15, 0.2) is 5.41 Å². The Morgan fingerprint density at radius 2 is 2.08 bits per heavy atom. The average Bonchev–Trinajstić information content (AvgIpc) is 1.99. The minimum atomic E-state index is -0.848. The molecule has 0 atom stereocenters. The molecule has 1 fully saturated rings. The number of ether oxygens (including phenoxy) is 1. The quantitative estimate of drug-likeness (QED) is 0.611. The summed E-state index contributed by atoms with van der Waals surface area (Å²) in [6.07, 6.45) is 1.24. The summed E-state index contributed by atoms with van der Waals surface area (Å²) in [4.78, 5) is 11.4. The molecule has 0 amide bonds. The summed E-state index contributed by atoms with van der Waals surface area (Å²) in [6.45, 7) is 6.22. The molecule has 0 unspecified atom stereocenters. The molecule has 0 saturated heterocycles. The first kappa shape index (κ1) is 10.0. The van der Waals surface area contributed by atoms with Gasteiger partial charge in [0, 0.05) is 0 Å². The number of carbonyl (C=O) groups excluding carboxylic acids is 1.